The van der Waals surface area contributed by atoms with Crippen molar-refractivity contribution in [1.82, 2.24) is 19.7 Å². The molecule has 5 nitrogen and oxygen atoms in total. The third kappa shape index (κ3) is 1.81. The number of hydrogen-bond donors (Lipinski definition) is 1. The van der Waals surface area contributed by atoms with E-state index >= 15 is 0 Å². The highest BCUT2D eigenvalue weighted by molar-refractivity contribution is 5.26. The maximum absolute atomic E-state index is 11.1. The minimum atomic E-state index is -0.338. The van der Waals surface area contributed by atoms with Gasteiger partial charge in [-0.15, -0.1) is 0 Å². The molecule has 0 radical (unpaired) electrons. The molecule has 1 N–H and O–H groups in total. The molecule has 0 aromatic carbocycles. The summed E-state index contributed by atoms with van der Waals surface area (Å²) in [5.41, 5.74) is 0.756. The molecule has 0 saturated heterocycles. The number of rotatable bonds is 2. The predicted molar refractivity (Wildman–Crippen MR) is 56.1 cm³/mol. The van der Waals surface area contributed by atoms with E-state index in [4.69, 9.17) is 0 Å². The second-order valence-corrected chi connectivity index (χ2v) is 3.33. The molecular formula is C10H12N4O. The third-order valence-electron chi connectivity index (χ3n) is 2.14. The van der Waals surface area contributed by atoms with Crippen LogP contribution in [0.2, 0.25) is 0 Å². The van der Waals surface area contributed by atoms with Crippen LogP contribution in [-0.4, -0.2) is 19.7 Å². The summed E-state index contributed by atoms with van der Waals surface area (Å²) in [5, 5.41) is 2.63. The summed E-state index contributed by atoms with van der Waals surface area (Å²) in [4.78, 5) is 19.1. The van der Waals surface area contributed by atoms with Crippen LogP contribution in [0.25, 0.3) is 5.82 Å². The SMILES string of the molecule is CCc1nc(=O)[nH]n1-c1cc(C)ccn1. The number of pyridine rings is 1. The van der Waals surface area contributed by atoms with Gasteiger partial charge in [0.1, 0.15) is 5.82 Å². The van der Waals surface area contributed by atoms with Gasteiger partial charge in [-0.3, -0.25) is 0 Å². The molecule has 5 heteroatoms. The van der Waals surface area contributed by atoms with Crippen LogP contribution in [0.15, 0.2) is 23.1 Å². The van der Waals surface area contributed by atoms with Gasteiger partial charge in [0.15, 0.2) is 5.82 Å². The van der Waals surface area contributed by atoms with E-state index in [0.29, 0.717) is 18.1 Å². The molecule has 0 aliphatic rings. The van der Waals surface area contributed by atoms with Gasteiger partial charge in [0, 0.05) is 12.6 Å². The summed E-state index contributed by atoms with van der Waals surface area (Å²) in [5.74, 6) is 1.39. The number of aromatic amines is 1. The molecule has 0 atom stereocenters. The lowest BCUT2D eigenvalue weighted by Crippen LogP contribution is -2.07. The lowest BCUT2D eigenvalue weighted by atomic mass is 10.3. The fourth-order valence-corrected chi connectivity index (χ4v) is 1.42. The van der Waals surface area contributed by atoms with Crippen molar-refractivity contribution in [1.29, 1.82) is 0 Å². The summed E-state index contributed by atoms with van der Waals surface area (Å²) in [6, 6.07) is 3.81. The van der Waals surface area contributed by atoms with Crippen molar-refractivity contribution in [3.63, 3.8) is 0 Å². The Morgan fingerprint density at radius 2 is 2.33 bits per heavy atom. The van der Waals surface area contributed by atoms with E-state index in [1.54, 1.807) is 10.9 Å². The molecule has 0 aliphatic heterocycles. The monoisotopic (exact) mass is 204 g/mol. The molecule has 0 bridgehead atoms. The first-order valence-corrected chi connectivity index (χ1v) is 4.81. The van der Waals surface area contributed by atoms with E-state index in [-0.39, 0.29) is 5.69 Å². The Morgan fingerprint density at radius 3 is 3.00 bits per heavy atom. The number of nitrogens with one attached hydrogen (secondary N) is 1. The van der Waals surface area contributed by atoms with Gasteiger partial charge < -0.3 is 0 Å². The van der Waals surface area contributed by atoms with Gasteiger partial charge in [-0.2, -0.15) is 4.98 Å². The largest absolute Gasteiger partial charge is 0.361 e. The highest BCUT2D eigenvalue weighted by atomic mass is 16.1. The first-order chi connectivity index (χ1) is 7.20. The van der Waals surface area contributed by atoms with Gasteiger partial charge >= 0.3 is 5.69 Å². The zero-order valence-corrected chi connectivity index (χ0v) is 8.69. The molecule has 0 amide bonds. The zero-order valence-electron chi connectivity index (χ0n) is 8.69. The van der Waals surface area contributed by atoms with Gasteiger partial charge in [0.05, 0.1) is 0 Å². The van der Waals surface area contributed by atoms with Crippen LogP contribution in [0.1, 0.15) is 18.3 Å². The zero-order chi connectivity index (χ0) is 10.8. The Kier molecular flexibility index (Phi) is 2.37. The van der Waals surface area contributed by atoms with Gasteiger partial charge in [0.25, 0.3) is 0 Å². The molecule has 0 spiro atoms. The topological polar surface area (TPSA) is 63.6 Å². The van der Waals surface area contributed by atoms with Crippen LogP contribution in [-0.2, 0) is 6.42 Å². The van der Waals surface area contributed by atoms with Gasteiger partial charge in [-0.25, -0.2) is 19.6 Å². The van der Waals surface area contributed by atoms with Crippen LogP contribution in [0.5, 0.6) is 0 Å². The lowest BCUT2D eigenvalue weighted by molar-refractivity contribution is 0.773. The Morgan fingerprint density at radius 1 is 1.53 bits per heavy atom. The molecule has 15 heavy (non-hydrogen) atoms. The summed E-state index contributed by atoms with van der Waals surface area (Å²) in [6.07, 6.45) is 2.40. The minimum Gasteiger partial charge on any atom is -0.244 e. The molecule has 0 aliphatic carbocycles. The normalized spacial score (nSPS) is 10.5. The highest BCUT2D eigenvalue weighted by Gasteiger charge is 2.06. The fourth-order valence-electron chi connectivity index (χ4n) is 1.42. The highest BCUT2D eigenvalue weighted by Crippen LogP contribution is 2.06. The second kappa shape index (κ2) is 3.68. The number of aryl methyl sites for hydroxylation is 2. The van der Waals surface area contributed by atoms with Crippen molar-refractivity contribution in [2.45, 2.75) is 20.3 Å². The van der Waals surface area contributed by atoms with Crippen molar-refractivity contribution in [2.75, 3.05) is 0 Å². The Labute approximate surface area is 86.8 Å². The fraction of sp³-hybridized carbons (Fsp3) is 0.300. The lowest BCUT2D eigenvalue weighted by Gasteiger charge is -2.04. The van der Waals surface area contributed by atoms with Crippen molar-refractivity contribution in [3.05, 3.63) is 40.2 Å². The average Bonchev–Trinajstić information content (AvgIpc) is 2.59. The molecule has 2 aromatic rings. The first-order valence-electron chi connectivity index (χ1n) is 4.81. The van der Waals surface area contributed by atoms with Crippen molar-refractivity contribution in [2.24, 2.45) is 0 Å². The van der Waals surface area contributed by atoms with Crippen molar-refractivity contribution >= 4 is 0 Å². The molecule has 0 fully saturated rings. The second-order valence-electron chi connectivity index (χ2n) is 3.33. The summed E-state index contributed by atoms with van der Waals surface area (Å²) in [6.45, 7) is 3.92. The number of hydrogen-bond acceptors (Lipinski definition) is 3. The van der Waals surface area contributed by atoms with Crippen LogP contribution < -0.4 is 5.69 Å². The molecule has 2 aromatic heterocycles. The summed E-state index contributed by atoms with van der Waals surface area (Å²) >= 11 is 0. The first kappa shape index (κ1) is 9.64. The van der Waals surface area contributed by atoms with Gasteiger partial charge in [-0.1, -0.05) is 6.92 Å². The standard InChI is InChI=1S/C10H12N4O/c1-3-8-12-10(15)13-14(8)9-6-7(2)4-5-11-9/h4-6H,3H2,1-2H3,(H,13,15). The predicted octanol–water partition coefficient (Wildman–Crippen LogP) is 0.826. The number of aromatic nitrogens is 4. The molecular weight excluding hydrogens is 192 g/mol. The smallest absolute Gasteiger partial charge is 0.244 e. The molecule has 0 unspecified atom stereocenters. The minimum absolute atomic E-state index is 0.338. The van der Waals surface area contributed by atoms with E-state index in [9.17, 15) is 4.79 Å². The van der Waals surface area contributed by atoms with E-state index in [2.05, 4.69) is 15.1 Å². The summed E-state index contributed by atoms with van der Waals surface area (Å²) in [7, 11) is 0. The van der Waals surface area contributed by atoms with E-state index < -0.39 is 0 Å². The summed E-state index contributed by atoms with van der Waals surface area (Å²) < 4.78 is 1.62. The molecule has 0 saturated carbocycles. The van der Waals surface area contributed by atoms with Crippen LogP contribution in [0.3, 0.4) is 0 Å². The van der Waals surface area contributed by atoms with E-state index in [1.807, 2.05) is 26.0 Å². The maximum Gasteiger partial charge on any atom is 0.361 e. The van der Waals surface area contributed by atoms with Gasteiger partial charge in [0.2, 0.25) is 0 Å². The van der Waals surface area contributed by atoms with E-state index in [0.717, 1.165) is 5.56 Å². The number of nitrogens with zero attached hydrogens (tertiary/aromatic N) is 3. The van der Waals surface area contributed by atoms with Gasteiger partial charge in [-0.05, 0) is 24.6 Å². The van der Waals surface area contributed by atoms with E-state index in [1.165, 1.54) is 0 Å². The quantitative estimate of drug-likeness (QED) is 0.787. The van der Waals surface area contributed by atoms with Crippen molar-refractivity contribution < 1.29 is 0 Å². The Balaban J connectivity index is 2.57. The van der Waals surface area contributed by atoms with Crippen molar-refractivity contribution in [3.8, 4) is 5.82 Å². The molecule has 78 valence electrons. The maximum atomic E-state index is 11.1. The average molecular weight is 204 g/mol. The number of H-pyrrole nitrogens is 1. The molecule has 2 heterocycles. The Hall–Kier alpha value is -1.91. The van der Waals surface area contributed by atoms with Crippen LogP contribution >= 0.6 is 0 Å². The van der Waals surface area contributed by atoms with Crippen LogP contribution in [0.4, 0.5) is 0 Å². The molecule has 2 rings (SSSR count). The Bertz CT molecular complexity index is 526. The third-order valence-corrected chi connectivity index (χ3v) is 2.14. The van der Waals surface area contributed by atoms with Crippen LogP contribution in [0, 0.1) is 6.92 Å².